The van der Waals surface area contributed by atoms with E-state index in [0.29, 0.717) is 10.2 Å². The van der Waals surface area contributed by atoms with Crippen molar-refractivity contribution >= 4 is 33.5 Å². The molecular weight excluding hydrogens is 324 g/mol. The molecule has 1 amide bonds. The summed E-state index contributed by atoms with van der Waals surface area (Å²) in [6.45, 7) is 0. The van der Waals surface area contributed by atoms with Crippen LogP contribution in [0.25, 0.3) is 0 Å². The van der Waals surface area contributed by atoms with Gasteiger partial charge in [0, 0.05) is 16.4 Å². The van der Waals surface area contributed by atoms with Crippen molar-refractivity contribution < 1.29 is 14.7 Å². The highest BCUT2D eigenvalue weighted by molar-refractivity contribution is 9.10. The molecule has 1 aliphatic rings. The van der Waals surface area contributed by atoms with E-state index < -0.39 is 5.97 Å². The lowest BCUT2D eigenvalue weighted by Gasteiger charge is -2.25. The fraction of sp³-hybridized carbons (Fsp3) is 0.429. The van der Waals surface area contributed by atoms with E-state index in [1.807, 2.05) is 0 Å². The van der Waals surface area contributed by atoms with E-state index in [1.54, 1.807) is 6.07 Å². The van der Waals surface area contributed by atoms with Gasteiger partial charge in [-0.1, -0.05) is 0 Å². The van der Waals surface area contributed by atoms with Crippen molar-refractivity contribution in [2.45, 2.75) is 31.7 Å². The predicted molar refractivity (Wildman–Crippen MR) is 79.7 cm³/mol. The van der Waals surface area contributed by atoms with Crippen molar-refractivity contribution in [3.8, 4) is 0 Å². The van der Waals surface area contributed by atoms with Crippen LogP contribution in [0.4, 0.5) is 5.69 Å². The second kappa shape index (κ2) is 6.37. The van der Waals surface area contributed by atoms with Crippen LogP contribution in [0.1, 0.15) is 36.0 Å². The van der Waals surface area contributed by atoms with Crippen molar-refractivity contribution in [3.63, 3.8) is 0 Å². The number of rotatable bonds is 3. The van der Waals surface area contributed by atoms with Gasteiger partial charge in [-0.25, -0.2) is 4.79 Å². The molecule has 0 heterocycles. The Morgan fingerprint density at radius 2 is 1.90 bits per heavy atom. The highest BCUT2D eigenvalue weighted by Crippen LogP contribution is 2.27. The van der Waals surface area contributed by atoms with Gasteiger partial charge in [-0.15, -0.1) is 0 Å². The number of nitrogens with one attached hydrogen (secondary N) is 1. The minimum absolute atomic E-state index is 0.0131. The number of carbonyl (C=O) groups is 2. The first-order valence-electron chi connectivity index (χ1n) is 6.56. The van der Waals surface area contributed by atoms with Gasteiger partial charge >= 0.3 is 5.97 Å². The minimum atomic E-state index is -0.996. The monoisotopic (exact) mass is 340 g/mol. The third-order valence-corrected chi connectivity index (χ3v) is 4.27. The van der Waals surface area contributed by atoms with E-state index in [1.165, 1.54) is 12.1 Å². The van der Waals surface area contributed by atoms with Crippen LogP contribution in [0.5, 0.6) is 0 Å². The van der Waals surface area contributed by atoms with Gasteiger partial charge in [0.2, 0.25) is 5.91 Å². The first kappa shape index (κ1) is 15.0. The lowest BCUT2D eigenvalue weighted by Crippen LogP contribution is -2.32. The molecule has 1 aromatic rings. The molecule has 2 rings (SSSR count). The predicted octanol–water partition coefficient (Wildman–Crippen LogP) is 2.60. The maximum atomic E-state index is 12.2. The van der Waals surface area contributed by atoms with E-state index in [0.717, 1.165) is 25.7 Å². The summed E-state index contributed by atoms with van der Waals surface area (Å²) in [6, 6.07) is 4.76. The average molecular weight is 341 g/mol. The molecule has 20 heavy (non-hydrogen) atoms. The van der Waals surface area contributed by atoms with Crippen LogP contribution < -0.4 is 11.1 Å². The number of hydrogen-bond acceptors (Lipinski definition) is 3. The number of carboxylic acids is 1. The van der Waals surface area contributed by atoms with E-state index in [4.69, 9.17) is 10.8 Å². The summed E-state index contributed by atoms with van der Waals surface area (Å²) in [4.78, 5) is 23.0. The van der Waals surface area contributed by atoms with E-state index in [9.17, 15) is 9.59 Å². The number of benzene rings is 1. The van der Waals surface area contributed by atoms with Crippen LogP contribution in [0, 0.1) is 5.92 Å². The Kier molecular flexibility index (Phi) is 4.77. The smallest absolute Gasteiger partial charge is 0.335 e. The van der Waals surface area contributed by atoms with Crippen molar-refractivity contribution in [2.75, 3.05) is 5.32 Å². The van der Waals surface area contributed by atoms with Crippen LogP contribution in [0.2, 0.25) is 0 Å². The van der Waals surface area contributed by atoms with Gasteiger partial charge in [0.25, 0.3) is 0 Å². The second-order valence-electron chi connectivity index (χ2n) is 5.10. The summed E-state index contributed by atoms with van der Waals surface area (Å²) in [5, 5.41) is 11.7. The molecule has 1 fully saturated rings. The van der Waals surface area contributed by atoms with Crippen LogP contribution in [0.3, 0.4) is 0 Å². The molecule has 0 aromatic heterocycles. The van der Waals surface area contributed by atoms with E-state index >= 15 is 0 Å². The lowest BCUT2D eigenvalue weighted by atomic mass is 9.86. The third-order valence-electron chi connectivity index (χ3n) is 3.62. The van der Waals surface area contributed by atoms with Gasteiger partial charge in [0.05, 0.1) is 11.3 Å². The summed E-state index contributed by atoms with van der Waals surface area (Å²) in [7, 11) is 0. The number of amides is 1. The maximum absolute atomic E-state index is 12.2. The van der Waals surface area contributed by atoms with Gasteiger partial charge in [0.15, 0.2) is 0 Å². The number of nitrogens with two attached hydrogens (primary N) is 1. The molecule has 5 nitrogen and oxygen atoms in total. The molecule has 108 valence electrons. The zero-order valence-electron chi connectivity index (χ0n) is 10.9. The highest BCUT2D eigenvalue weighted by Gasteiger charge is 2.25. The number of aromatic carboxylic acids is 1. The zero-order valence-corrected chi connectivity index (χ0v) is 12.5. The third kappa shape index (κ3) is 3.58. The first-order chi connectivity index (χ1) is 9.47. The molecule has 4 N–H and O–H groups in total. The fourth-order valence-electron chi connectivity index (χ4n) is 2.37. The molecule has 0 atom stereocenters. The number of hydrogen-bond donors (Lipinski definition) is 3. The standard InChI is InChI=1S/C14H17BrN2O3/c15-11-7-9(14(19)20)3-6-12(11)17-13(18)8-1-4-10(16)5-2-8/h3,6-8,10H,1-2,4-5,16H2,(H,17,18)(H,19,20). The summed E-state index contributed by atoms with van der Waals surface area (Å²) >= 11 is 3.28. The lowest BCUT2D eigenvalue weighted by molar-refractivity contribution is -0.120. The molecule has 1 saturated carbocycles. The molecule has 6 heteroatoms. The molecule has 0 radical (unpaired) electrons. The Balaban J connectivity index is 2.02. The zero-order chi connectivity index (χ0) is 14.7. The van der Waals surface area contributed by atoms with Crippen molar-refractivity contribution in [1.29, 1.82) is 0 Å². The Morgan fingerprint density at radius 1 is 1.25 bits per heavy atom. The van der Waals surface area contributed by atoms with Gasteiger partial charge in [-0.2, -0.15) is 0 Å². The average Bonchev–Trinajstić information content (AvgIpc) is 2.41. The molecule has 1 aliphatic carbocycles. The Bertz CT molecular complexity index is 525. The van der Waals surface area contributed by atoms with Crippen molar-refractivity contribution in [3.05, 3.63) is 28.2 Å². The molecule has 0 spiro atoms. The molecule has 0 bridgehead atoms. The minimum Gasteiger partial charge on any atom is -0.478 e. The van der Waals surface area contributed by atoms with Gasteiger partial charge in [-0.3, -0.25) is 4.79 Å². The maximum Gasteiger partial charge on any atom is 0.335 e. The Hall–Kier alpha value is -1.40. The van der Waals surface area contributed by atoms with Crippen molar-refractivity contribution in [1.82, 2.24) is 0 Å². The van der Waals surface area contributed by atoms with Crippen LogP contribution >= 0.6 is 15.9 Å². The second-order valence-corrected chi connectivity index (χ2v) is 5.96. The van der Waals surface area contributed by atoms with Crippen LogP contribution in [-0.2, 0) is 4.79 Å². The van der Waals surface area contributed by atoms with Gasteiger partial charge < -0.3 is 16.2 Å². The molecule has 0 aliphatic heterocycles. The fourth-order valence-corrected chi connectivity index (χ4v) is 2.84. The summed E-state index contributed by atoms with van der Waals surface area (Å²) in [5.41, 5.74) is 6.60. The molecular formula is C14H17BrN2O3. The van der Waals surface area contributed by atoms with Crippen LogP contribution in [-0.4, -0.2) is 23.0 Å². The van der Waals surface area contributed by atoms with Gasteiger partial charge in [-0.05, 0) is 59.8 Å². The summed E-state index contributed by atoms with van der Waals surface area (Å²) < 4.78 is 0.568. The van der Waals surface area contributed by atoms with Crippen LogP contribution in [0.15, 0.2) is 22.7 Å². The summed E-state index contributed by atoms with van der Waals surface area (Å²) in [6.07, 6.45) is 3.35. The Labute approximate surface area is 125 Å². The number of carboxylic acid groups (broad SMARTS) is 1. The topological polar surface area (TPSA) is 92.4 Å². The molecule has 0 unspecified atom stereocenters. The molecule has 1 aromatic carbocycles. The summed E-state index contributed by atoms with van der Waals surface area (Å²) in [5.74, 6) is -1.04. The van der Waals surface area contributed by atoms with E-state index in [2.05, 4.69) is 21.2 Å². The normalized spacial score (nSPS) is 22.3. The first-order valence-corrected chi connectivity index (χ1v) is 7.36. The Morgan fingerprint density at radius 3 is 2.45 bits per heavy atom. The SMILES string of the molecule is NC1CCC(C(=O)Nc2ccc(C(=O)O)cc2Br)CC1. The number of halogens is 1. The van der Waals surface area contributed by atoms with Gasteiger partial charge in [0.1, 0.15) is 0 Å². The highest BCUT2D eigenvalue weighted by atomic mass is 79.9. The number of carbonyl (C=O) groups excluding carboxylic acids is 1. The number of anilines is 1. The van der Waals surface area contributed by atoms with E-state index in [-0.39, 0.29) is 23.4 Å². The van der Waals surface area contributed by atoms with Crippen molar-refractivity contribution in [2.24, 2.45) is 11.7 Å². The quantitative estimate of drug-likeness (QED) is 0.788. The molecule has 0 saturated heterocycles. The largest absolute Gasteiger partial charge is 0.478 e.